The number of ether oxygens (including phenoxy) is 2. The number of H-pyrrole nitrogens is 1. The fourth-order valence-electron chi connectivity index (χ4n) is 2.11. The molecule has 22 heavy (non-hydrogen) atoms. The molecule has 0 spiro atoms. The van der Waals surface area contributed by atoms with Crippen LogP contribution in [0.1, 0.15) is 21.6 Å². The first kappa shape index (κ1) is 15.6. The van der Waals surface area contributed by atoms with Crippen LogP contribution in [0.25, 0.3) is 0 Å². The van der Waals surface area contributed by atoms with E-state index < -0.39 is 5.91 Å². The van der Waals surface area contributed by atoms with Crippen molar-refractivity contribution in [1.29, 1.82) is 0 Å². The van der Waals surface area contributed by atoms with Gasteiger partial charge in [0.05, 0.1) is 31.9 Å². The van der Waals surface area contributed by atoms with Crippen molar-refractivity contribution in [1.82, 2.24) is 10.2 Å². The molecule has 3 N–H and O–H groups in total. The Hall–Kier alpha value is -2.83. The molecule has 1 amide bonds. The highest BCUT2D eigenvalue weighted by molar-refractivity contribution is 5.95. The van der Waals surface area contributed by atoms with Crippen molar-refractivity contribution in [3.8, 4) is 11.5 Å². The van der Waals surface area contributed by atoms with Gasteiger partial charge in [-0.15, -0.1) is 0 Å². The lowest BCUT2D eigenvalue weighted by Crippen LogP contribution is -2.15. The van der Waals surface area contributed by atoms with Gasteiger partial charge in [0.1, 0.15) is 17.3 Å². The van der Waals surface area contributed by atoms with E-state index in [1.165, 1.54) is 6.20 Å². The van der Waals surface area contributed by atoms with E-state index in [0.717, 1.165) is 5.56 Å². The molecule has 7 heteroatoms. The van der Waals surface area contributed by atoms with Gasteiger partial charge < -0.3 is 15.2 Å². The zero-order valence-corrected chi connectivity index (χ0v) is 12.4. The minimum atomic E-state index is -0.611. The number of benzene rings is 1. The maximum atomic E-state index is 12.2. The molecule has 0 unspecified atom stereocenters. The van der Waals surface area contributed by atoms with Gasteiger partial charge >= 0.3 is 0 Å². The van der Waals surface area contributed by atoms with Crippen LogP contribution in [0.2, 0.25) is 0 Å². The Morgan fingerprint density at radius 3 is 2.32 bits per heavy atom. The maximum Gasteiger partial charge on any atom is 0.252 e. The van der Waals surface area contributed by atoms with E-state index in [1.807, 2.05) is 0 Å². The Morgan fingerprint density at radius 2 is 1.77 bits per heavy atom. The molecule has 1 heterocycles. The van der Waals surface area contributed by atoms with Crippen LogP contribution in [0.4, 0.5) is 0 Å². The van der Waals surface area contributed by atoms with Gasteiger partial charge in [0.25, 0.3) is 5.91 Å². The molecular weight excluding hydrogens is 286 g/mol. The third-order valence-corrected chi connectivity index (χ3v) is 3.16. The van der Waals surface area contributed by atoms with Crippen molar-refractivity contribution < 1.29 is 19.1 Å². The van der Waals surface area contributed by atoms with Gasteiger partial charge in [-0.05, 0) is 17.7 Å². The zero-order valence-electron chi connectivity index (χ0n) is 12.4. The van der Waals surface area contributed by atoms with E-state index in [9.17, 15) is 9.59 Å². The number of hydrogen-bond acceptors (Lipinski definition) is 5. The van der Waals surface area contributed by atoms with Crippen LogP contribution in [-0.4, -0.2) is 36.1 Å². The van der Waals surface area contributed by atoms with Crippen LogP contribution in [0.5, 0.6) is 11.5 Å². The Kier molecular flexibility index (Phi) is 4.77. The lowest BCUT2D eigenvalue weighted by Gasteiger charge is -2.08. The van der Waals surface area contributed by atoms with E-state index >= 15 is 0 Å². The highest BCUT2D eigenvalue weighted by atomic mass is 16.5. The van der Waals surface area contributed by atoms with Gasteiger partial charge in [0, 0.05) is 18.7 Å². The SMILES string of the molecule is COc1cc(CC(=O)Cc2n[nH]cc2C(N)=O)cc(OC)c1. The summed E-state index contributed by atoms with van der Waals surface area (Å²) in [6.45, 7) is 0. The number of hydrogen-bond donors (Lipinski definition) is 2. The lowest BCUT2D eigenvalue weighted by atomic mass is 10.0. The number of Topliss-reactive ketones (excluding diaryl/α,β-unsaturated/α-hetero) is 1. The number of primary amides is 1. The molecule has 1 aromatic carbocycles. The number of rotatable bonds is 7. The largest absolute Gasteiger partial charge is 0.497 e. The average molecular weight is 303 g/mol. The molecule has 0 saturated heterocycles. The van der Waals surface area contributed by atoms with Crippen LogP contribution >= 0.6 is 0 Å². The van der Waals surface area contributed by atoms with Gasteiger partial charge in [-0.1, -0.05) is 0 Å². The van der Waals surface area contributed by atoms with E-state index in [-0.39, 0.29) is 24.2 Å². The number of nitrogens with two attached hydrogens (primary N) is 1. The minimum Gasteiger partial charge on any atom is -0.497 e. The van der Waals surface area contributed by atoms with E-state index in [0.29, 0.717) is 17.2 Å². The second kappa shape index (κ2) is 6.75. The van der Waals surface area contributed by atoms with Crippen LogP contribution in [0.3, 0.4) is 0 Å². The summed E-state index contributed by atoms with van der Waals surface area (Å²) in [7, 11) is 3.09. The minimum absolute atomic E-state index is 0.0291. The molecule has 0 aliphatic heterocycles. The van der Waals surface area contributed by atoms with Gasteiger partial charge in [0.15, 0.2) is 0 Å². The standard InChI is InChI=1S/C15H17N3O4/c1-21-11-4-9(5-12(7-11)22-2)3-10(19)6-14-13(15(16)20)8-17-18-14/h4-5,7-8H,3,6H2,1-2H3,(H2,16,20)(H,17,18). The third-order valence-electron chi connectivity index (χ3n) is 3.16. The molecule has 2 rings (SSSR count). The Labute approximate surface area is 127 Å². The van der Waals surface area contributed by atoms with Crippen molar-refractivity contribution in [2.24, 2.45) is 5.73 Å². The summed E-state index contributed by atoms with van der Waals surface area (Å²) in [5.74, 6) is 0.518. The van der Waals surface area contributed by atoms with Gasteiger partial charge in [-0.2, -0.15) is 5.10 Å². The summed E-state index contributed by atoms with van der Waals surface area (Å²) in [4.78, 5) is 23.4. The topological polar surface area (TPSA) is 107 Å². The van der Waals surface area contributed by atoms with Gasteiger partial charge in [-0.3, -0.25) is 14.7 Å². The predicted octanol–water partition coefficient (Wildman–Crippen LogP) is 0.880. The molecule has 2 aromatic rings. The second-order valence-corrected chi connectivity index (χ2v) is 4.72. The molecular formula is C15H17N3O4. The van der Waals surface area contributed by atoms with Crippen molar-refractivity contribution in [2.45, 2.75) is 12.8 Å². The first-order chi connectivity index (χ1) is 10.5. The van der Waals surface area contributed by atoms with Crippen molar-refractivity contribution >= 4 is 11.7 Å². The molecule has 0 fully saturated rings. The molecule has 0 saturated carbocycles. The summed E-state index contributed by atoms with van der Waals surface area (Å²) in [6, 6.07) is 5.26. The van der Waals surface area contributed by atoms with Crippen molar-refractivity contribution in [3.05, 3.63) is 41.2 Å². The molecule has 0 aliphatic rings. The number of nitrogens with one attached hydrogen (secondary N) is 1. The smallest absolute Gasteiger partial charge is 0.252 e. The normalized spacial score (nSPS) is 10.3. The summed E-state index contributed by atoms with van der Waals surface area (Å²) in [5.41, 5.74) is 6.57. The average Bonchev–Trinajstić information content (AvgIpc) is 2.94. The first-order valence-corrected chi connectivity index (χ1v) is 6.59. The lowest BCUT2D eigenvalue weighted by molar-refractivity contribution is -0.117. The second-order valence-electron chi connectivity index (χ2n) is 4.72. The zero-order chi connectivity index (χ0) is 16.1. The van der Waals surface area contributed by atoms with Crippen molar-refractivity contribution in [2.75, 3.05) is 14.2 Å². The van der Waals surface area contributed by atoms with Gasteiger partial charge in [0.2, 0.25) is 0 Å². The van der Waals surface area contributed by atoms with Crippen molar-refractivity contribution in [3.63, 3.8) is 0 Å². The highest BCUT2D eigenvalue weighted by Gasteiger charge is 2.15. The Bertz CT molecular complexity index is 672. The molecule has 0 atom stereocenters. The van der Waals surface area contributed by atoms with E-state index in [1.54, 1.807) is 32.4 Å². The fourth-order valence-corrected chi connectivity index (χ4v) is 2.11. The monoisotopic (exact) mass is 303 g/mol. The quantitative estimate of drug-likeness (QED) is 0.789. The van der Waals surface area contributed by atoms with Gasteiger partial charge in [-0.25, -0.2) is 0 Å². The number of aromatic amines is 1. The number of ketones is 1. The number of carbonyl (C=O) groups excluding carboxylic acids is 2. The molecule has 1 aromatic heterocycles. The molecule has 7 nitrogen and oxygen atoms in total. The number of methoxy groups -OCH3 is 2. The summed E-state index contributed by atoms with van der Waals surface area (Å²) < 4.78 is 10.3. The number of aromatic nitrogens is 2. The summed E-state index contributed by atoms with van der Waals surface area (Å²) in [5, 5.41) is 6.43. The molecule has 0 radical (unpaired) electrons. The molecule has 0 aliphatic carbocycles. The first-order valence-electron chi connectivity index (χ1n) is 6.59. The number of carbonyl (C=O) groups is 2. The number of nitrogens with zero attached hydrogens (tertiary/aromatic N) is 1. The Balaban J connectivity index is 2.12. The summed E-state index contributed by atoms with van der Waals surface area (Å²) >= 11 is 0. The van der Waals surface area contributed by atoms with Crippen LogP contribution in [0.15, 0.2) is 24.4 Å². The maximum absolute atomic E-state index is 12.2. The highest BCUT2D eigenvalue weighted by Crippen LogP contribution is 2.23. The van der Waals surface area contributed by atoms with Crippen LogP contribution in [-0.2, 0) is 17.6 Å². The fraction of sp³-hybridized carbons (Fsp3) is 0.267. The molecule has 0 bridgehead atoms. The third kappa shape index (κ3) is 3.63. The molecule has 116 valence electrons. The van der Waals surface area contributed by atoms with E-state index in [4.69, 9.17) is 15.2 Å². The van der Waals surface area contributed by atoms with Crippen LogP contribution < -0.4 is 15.2 Å². The van der Waals surface area contributed by atoms with Crippen LogP contribution in [0, 0.1) is 0 Å². The van der Waals surface area contributed by atoms with E-state index in [2.05, 4.69) is 10.2 Å². The summed E-state index contributed by atoms with van der Waals surface area (Å²) in [6.07, 6.45) is 1.60. The predicted molar refractivity (Wildman–Crippen MR) is 79.1 cm³/mol. The number of amides is 1. The Morgan fingerprint density at radius 1 is 1.14 bits per heavy atom.